The van der Waals surface area contributed by atoms with Crippen LogP contribution in [0.5, 0.6) is 0 Å². The average molecular weight is 204 g/mol. The summed E-state index contributed by atoms with van der Waals surface area (Å²) in [7, 11) is 0. The highest BCUT2D eigenvalue weighted by atomic mass is 19.1. The van der Waals surface area contributed by atoms with E-state index in [1.54, 1.807) is 25.1 Å². The van der Waals surface area contributed by atoms with Gasteiger partial charge in [0.1, 0.15) is 5.82 Å². The highest BCUT2D eigenvalue weighted by Gasteiger charge is 2.18. The number of ketones is 1. The van der Waals surface area contributed by atoms with Gasteiger partial charge < -0.3 is 0 Å². The zero-order valence-electron chi connectivity index (χ0n) is 8.72. The molecule has 0 unspecified atom stereocenters. The molecule has 0 saturated heterocycles. The molecule has 0 bridgehead atoms. The lowest BCUT2D eigenvalue weighted by Crippen LogP contribution is -2.05. The average Bonchev–Trinajstić information content (AvgIpc) is 2.74. The summed E-state index contributed by atoms with van der Waals surface area (Å²) in [5, 5.41) is 0. The Labute approximate surface area is 88.6 Å². The second-order valence-corrected chi connectivity index (χ2v) is 3.89. The smallest absolute Gasteiger partial charge is 0.191 e. The third-order valence-corrected chi connectivity index (χ3v) is 2.77. The Hall–Kier alpha value is -1.44. The fourth-order valence-electron chi connectivity index (χ4n) is 1.87. The van der Waals surface area contributed by atoms with Gasteiger partial charge in [-0.25, -0.2) is 4.39 Å². The van der Waals surface area contributed by atoms with Crippen molar-refractivity contribution in [2.24, 2.45) is 0 Å². The molecule has 1 nitrogen and oxygen atoms in total. The predicted octanol–water partition coefficient (Wildman–Crippen LogP) is 3.43. The molecule has 1 aromatic carbocycles. The topological polar surface area (TPSA) is 17.1 Å². The molecule has 15 heavy (non-hydrogen) atoms. The first-order valence-corrected chi connectivity index (χ1v) is 5.19. The minimum absolute atomic E-state index is 0.145. The lowest BCUT2D eigenvalue weighted by molar-refractivity contribution is 0.102. The molecule has 2 rings (SSSR count). The maximum Gasteiger partial charge on any atom is 0.191 e. The Bertz CT molecular complexity index is 432. The van der Waals surface area contributed by atoms with Crippen LogP contribution in [0, 0.1) is 12.7 Å². The van der Waals surface area contributed by atoms with Crippen molar-refractivity contribution in [1.82, 2.24) is 0 Å². The van der Waals surface area contributed by atoms with Crippen molar-refractivity contribution < 1.29 is 9.18 Å². The highest BCUT2D eigenvalue weighted by molar-refractivity contribution is 6.09. The lowest BCUT2D eigenvalue weighted by atomic mass is 10.0. The monoisotopic (exact) mass is 204 g/mol. The summed E-state index contributed by atoms with van der Waals surface area (Å²) in [5.74, 6) is -0.524. The summed E-state index contributed by atoms with van der Waals surface area (Å²) in [4.78, 5) is 11.9. The molecule has 0 atom stereocenters. The lowest BCUT2D eigenvalue weighted by Gasteiger charge is -2.04. The second kappa shape index (κ2) is 3.97. The molecule has 0 saturated carbocycles. The van der Waals surface area contributed by atoms with Crippen LogP contribution in [0.2, 0.25) is 0 Å². The van der Waals surface area contributed by atoms with E-state index in [9.17, 15) is 9.18 Å². The summed E-state index contributed by atoms with van der Waals surface area (Å²) in [6.07, 6.45) is 4.65. The number of carbonyl (C=O) groups excluding carboxylic acids is 1. The van der Waals surface area contributed by atoms with E-state index < -0.39 is 0 Å². The second-order valence-electron chi connectivity index (χ2n) is 3.89. The molecular formula is C13H13FO. The van der Waals surface area contributed by atoms with Crippen LogP contribution in [0.1, 0.15) is 35.2 Å². The van der Waals surface area contributed by atoms with E-state index in [0.29, 0.717) is 5.56 Å². The summed E-state index contributed by atoms with van der Waals surface area (Å²) in [5.41, 5.74) is 1.50. The Morgan fingerprint density at radius 1 is 1.40 bits per heavy atom. The van der Waals surface area contributed by atoms with Crippen LogP contribution in [0.4, 0.5) is 4.39 Å². The molecule has 1 aliphatic carbocycles. The van der Waals surface area contributed by atoms with Gasteiger partial charge in [0.15, 0.2) is 5.78 Å². The summed E-state index contributed by atoms with van der Waals surface area (Å²) >= 11 is 0. The van der Waals surface area contributed by atoms with Gasteiger partial charge in [0, 0.05) is 0 Å². The number of benzene rings is 1. The van der Waals surface area contributed by atoms with Crippen molar-refractivity contribution in [2.45, 2.75) is 26.2 Å². The van der Waals surface area contributed by atoms with Crippen LogP contribution < -0.4 is 0 Å². The fourth-order valence-corrected chi connectivity index (χ4v) is 1.87. The molecule has 0 N–H and O–H groups in total. The van der Waals surface area contributed by atoms with E-state index in [1.807, 2.05) is 6.08 Å². The molecule has 1 aromatic rings. The van der Waals surface area contributed by atoms with Gasteiger partial charge in [0.25, 0.3) is 0 Å². The zero-order chi connectivity index (χ0) is 10.8. The van der Waals surface area contributed by atoms with Crippen molar-refractivity contribution in [2.75, 3.05) is 0 Å². The van der Waals surface area contributed by atoms with Crippen LogP contribution in [0.3, 0.4) is 0 Å². The molecule has 78 valence electrons. The van der Waals surface area contributed by atoms with Crippen molar-refractivity contribution in [3.8, 4) is 0 Å². The third kappa shape index (κ3) is 1.84. The summed E-state index contributed by atoms with van der Waals surface area (Å²) < 4.78 is 13.7. The molecule has 0 spiro atoms. The molecule has 0 amide bonds. The van der Waals surface area contributed by atoms with E-state index in [4.69, 9.17) is 0 Å². The van der Waals surface area contributed by atoms with Gasteiger partial charge in [-0.3, -0.25) is 4.79 Å². The number of carbonyl (C=O) groups is 1. The quantitative estimate of drug-likeness (QED) is 0.674. The van der Waals surface area contributed by atoms with Crippen molar-refractivity contribution in [3.05, 3.63) is 46.8 Å². The van der Waals surface area contributed by atoms with Gasteiger partial charge in [-0.15, -0.1) is 0 Å². The molecule has 0 aromatic heterocycles. The number of halogens is 1. The van der Waals surface area contributed by atoms with Crippen LogP contribution in [0.15, 0.2) is 29.8 Å². The Morgan fingerprint density at radius 2 is 2.20 bits per heavy atom. The maximum atomic E-state index is 13.7. The number of aryl methyl sites for hydroxylation is 1. The Kier molecular flexibility index (Phi) is 2.67. The fraction of sp³-hybridized carbons (Fsp3) is 0.308. The Morgan fingerprint density at radius 3 is 2.87 bits per heavy atom. The number of allylic oxidation sites excluding steroid dienone is 2. The van der Waals surface area contributed by atoms with E-state index in [1.165, 1.54) is 0 Å². The minimum atomic E-state index is -0.379. The Balaban J connectivity index is 2.37. The normalized spacial score (nSPS) is 15.2. The van der Waals surface area contributed by atoms with Gasteiger partial charge >= 0.3 is 0 Å². The van der Waals surface area contributed by atoms with Gasteiger partial charge in [-0.2, -0.15) is 0 Å². The van der Waals surface area contributed by atoms with Gasteiger partial charge in [0.05, 0.1) is 5.56 Å². The SMILES string of the molecule is Cc1cccc(C(=O)C2=CCCC2)c1F. The van der Waals surface area contributed by atoms with Crippen LogP contribution in [-0.2, 0) is 0 Å². The number of hydrogen-bond donors (Lipinski definition) is 0. The standard InChI is InChI=1S/C13H13FO/c1-9-5-4-8-11(12(9)14)13(15)10-6-2-3-7-10/h4-6,8H,2-3,7H2,1H3. The van der Waals surface area contributed by atoms with E-state index in [2.05, 4.69) is 0 Å². The number of rotatable bonds is 2. The highest BCUT2D eigenvalue weighted by Crippen LogP contribution is 2.23. The largest absolute Gasteiger partial charge is 0.289 e. The van der Waals surface area contributed by atoms with Crippen molar-refractivity contribution >= 4 is 5.78 Å². The van der Waals surface area contributed by atoms with Crippen LogP contribution >= 0.6 is 0 Å². The molecular weight excluding hydrogens is 191 g/mol. The molecule has 2 heteroatoms. The molecule has 0 heterocycles. The first kappa shape index (κ1) is 10.1. The number of Topliss-reactive ketones (excluding diaryl/α,β-unsaturated/α-hetero) is 1. The predicted molar refractivity (Wildman–Crippen MR) is 57.4 cm³/mol. The number of hydrogen-bond acceptors (Lipinski definition) is 1. The first-order valence-electron chi connectivity index (χ1n) is 5.19. The zero-order valence-corrected chi connectivity index (χ0v) is 8.72. The third-order valence-electron chi connectivity index (χ3n) is 2.77. The summed E-state index contributed by atoms with van der Waals surface area (Å²) in [6.45, 7) is 1.68. The van der Waals surface area contributed by atoms with Gasteiger partial charge in [0.2, 0.25) is 0 Å². The molecule has 1 aliphatic rings. The van der Waals surface area contributed by atoms with E-state index >= 15 is 0 Å². The maximum absolute atomic E-state index is 13.7. The molecule has 0 fully saturated rings. The van der Waals surface area contributed by atoms with E-state index in [-0.39, 0.29) is 17.2 Å². The molecule has 0 radical (unpaired) electrons. The van der Waals surface area contributed by atoms with E-state index in [0.717, 1.165) is 24.8 Å². The van der Waals surface area contributed by atoms with Crippen LogP contribution in [0.25, 0.3) is 0 Å². The van der Waals surface area contributed by atoms with Crippen LogP contribution in [-0.4, -0.2) is 5.78 Å². The van der Waals surface area contributed by atoms with Crippen molar-refractivity contribution in [1.29, 1.82) is 0 Å². The molecule has 0 aliphatic heterocycles. The first-order chi connectivity index (χ1) is 7.20. The van der Waals surface area contributed by atoms with Gasteiger partial charge in [-0.1, -0.05) is 18.2 Å². The minimum Gasteiger partial charge on any atom is -0.289 e. The van der Waals surface area contributed by atoms with Crippen molar-refractivity contribution in [3.63, 3.8) is 0 Å². The van der Waals surface area contributed by atoms with Gasteiger partial charge in [-0.05, 0) is 43.4 Å². The summed E-state index contributed by atoms with van der Waals surface area (Å²) in [6, 6.07) is 4.96.